The van der Waals surface area contributed by atoms with Crippen molar-refractivity contribution in [1.82, 2.24) is 20.1 Å². The van der Waals surface area contributed by atoms with Gasteiger partial charge in [0.05, 0.1) is 12.8 Å². The highest BCUT2D eigenvalue weighted by Crippen LogP contribution is 2.18. The maximum Gasteiger partial charge on any atom is 0.444 e. The maximum atomic E-state index is 12.0. The fourth-order valence-electron chi connectivity index (χ4n) is 2.28. The minimum Gasteiger partial charge on any atom is -0.452 e. The van der Waals surface area contributed by atoms with Gasteiger partial charge in [-0.25, -0.2) is 9.59 Å². The van der Waals surface area contributed by atoms with Crippen LogP contribution < -0.4 is 21.1 Å². The average Bonchev–Trinajstić information content (AvgIpc) is 3.03. The van der Waals surface area contributed by atoms with Crippen LogP contribution in [0.4, 0.5) is 10.5 Å². The van der Waals surface area contributed by atoms with Crippen molar-refractivity contribution in [2.45, 2.75) is 13.5 Å². The van der Waals surface area contributed by atoms with E-state index in [0.29, 0.717) is 17.9 Å². The number of amides is 2. The molecule has 2 amide bonds. The van der Waals surface area contributed by atoms with E-state index in [2.05, 4.69) is 20.7 Å². The van der Waals surface area contributed by atoms with Crippen molar-refractivity contribution in [3.63, 3.8) is 0 Å². The zero-order valence-electron chi connectivity index (χ0n) is 14.2. The van der Waals surface area contributed by atoms with Crippen molar-refractivity contribution >= 4 is 11.7 Å². The molecule has 9 heteroatoms. The molecule has 0 atom stereocenters. The second-order valence-electron chi connectivity index (χ2n) is 5.42. The number of aromatic nitrogens is 3. The highest BCUT2D eigenvalue weighted by molar-refractivity contribution is 5.90. The number of pyridine rings is 1. The van der Waals surface area contributed by atoms with Gasteiger partial charge in [0.25, 0.3) is 0 Å². The molecule has 0 radical (unpaired) electrons. The lowest BCUT2D eigenvalue weighted by atomic mass is 10.2. The number of hydrogen-bond donors (Lipinski definition) is 2. The van der Waals surface area contributed by atoms with E-state index in [9.17, 15) is 9.59 Å². The molecule has 0 bridgehead atoms. The van der Waals surface area contributed by atoms with Crippen LogP contribution in [-0.2, 0) is 6.54 Å². The van der Waals surface area contributed by atoms with Gasteiger partial charge in [-0.2, -0.15) is 4.68 Å². The Bertz CT molecular complexity index is 965. The number of carbonyl (C=O) groups excluding carboxylic acids is 1. The van der Waals surface area contributed by atoms with E-state index < -0.39 is 5.76 Å². The van der Waals surface area contributed by atoms with Gasteiger partial charge in [0.2, 0.25) is 0 Å². The lowest BCUT2D eigenvalue weighted by Crippen LogP contribution is -2.28. The van der Waals surface area contributed by atoms with Crippen LogP contribution in [0.25, 0.3) is 5.69 Å². The molecule has 0 saturated carbocycles. The molecule has 0 aliphatic carbocycles. The van der Waals surface area contributed by atoms with Gasteiger partial charge in [-0.05, 0) is 42.3 Å². The third kappa shape index (κ3) is 3.89. The summed E-state index contributed by atoms with van der Waals surface area (Å²) >= 11 is 0. The second kappa shape index (κ2) is 7.51. The quantitative estimate of drug-likeness (QED) is 0.723. The summed E-state index contributed by atoms with van der Waals surface area (Å²) in [5.74, 6) is -0.656. The molecule has 0 aliphatic rings. The number of nitrogens with zero attached hydrogens (tertiary/aromatic N) is 3. The predicted octanol–water partition coefficient (Wildman–Crippen LogP) is 1.86. The van der Waals surface area contributed by atoms with Gasteiger partial charge >= 0.3 is 17.9 Å². The van der Waals surface area contributed by atoms with Crippen molar-refractivity contribution in [3.05, 3.63) is 64.4 Å². The topological polar surface area (TPSA) is 111 Å². The first-order chi connectivity index (χ1) is 12.6. The zero-order chi connectivity index (χ0) is 18.5. The van der Waals surface area contributed by atoms with Crippen LogP contribution in [0.1, 0.15) is 11.1 Å². The number of benzene rings is 1. The first kappa shape index (κ1) is 17.2. The maximum absolute atomic E-state index is 12.0. The van der Waals surface area contributed by atoms with Gasteiger partial charge in [-0.3, -0.25) is 4.98 Å². The van der Waals surface area contributed by atoms with Crippen LogP contribution in [0.2, 0.25) is 0 Å². The number of urea groups is 1. The molecule has 0 spiro atoms. The summed E-state index contributed by atoms with van der Waals surface area (Å²) in [5, 5.41) is 9.42. The molecule has 134 valence electrons. The van der Waals surface area contributed by atoms with Crippen molar-refractivity contribution in [1.29, 1.82) is 0 Å². The smallest absolute Gasteiger partial charge is 0.444 e. The normalized spacial score (nSPS) is 10.4. The highest BCUT2D eigenvalue weighted by atomic mass is 16.6. The largest absolute Gasteiger partial charge is 0.452 e. The van der Waals surface area contributed by atoms with Crippen molar-refractivity contribution in [2.24, 2.45) is 0 Å². The predicted molar refractivity (Wildman–Crippen MR) is 93.5 cm³/mol. The first-order valence-corrected chi connectivity index (χ1v) is 7.76. The van der Waals surface area contributed by atoms with E-state index in [1.54, 1.807) is 36.7 Å². The summed E-state index contributed by atoms with van der Waals surface area (Å²) in [6.45, 7) is 2.17. The first-order valence-electron chi connectivity index (χ1n) is 7.76. The number of rotatable bonds is 5. The van der Waals surface area contributed by atoms with Gasteiger partial charge in [-0.1, -0.05) is 11.2 Å². The molecule has 3 aromatic rings. The van der Waals surface area contributed by atoms with E-state index in [1.165, 1.54) is 7.11 Å². The zero-order valence-corrected chi connectivity index (χ0v) is 14.2. The van der Waals surface area contributed by atoms with Gasteiger partial charge < -0.3 is 19.8 Å². The van der Waals surface area contributed by atoms with Gasteiger partial charge in [0, 0.05) is 24.6 Å². The average molecular weight is 355 g/mol. The van der Waals surface area contributed by atoms with Crippen LogP contribution in [-0.4, -0.2) is 27.9 Å². The highest BCUT2D eigenvalue weighted by Gasteiger charge is 2.12. The summed E-state index contributed by atoms with van der Waals surface area (Å²) in [5.41, 5.74) is 2.77. The Kier molecular flexibility index (Phi) is 4.97. The van der Waals surface area contributed by atoms with Gasteiger partial charge in [-0.15, -0.1) is 0 Å². The molecule has 2 heterocycles. The molecule has 0 saturated heterocycles. The Hall–Kier alpha value is -3.62. The summed E-state index contributed by atoms with van der Waals surface area (Å²) in [4.78, 5) is 27.8. The van der Waals surface area contributed by atoms with Crippen LogP contribution in [0, 0.1) is 6.92 Å². The molecule has 1 aromatic carbocycles. The lowest BCUT2D eigenvalue weighted by molar-refractivity contribution is 0.251. The Morgan fingerprint density at radius 3 is 2.85 bits per heavy atom. The van der Waals surface area contributed by atoms with E-state index in [1.807, 2.05) is 13.0 Å². The number of carbonyl (C=O) groups is 1. The molecule has 0 fully saturated rings. The minimum atomic E-state index is -0.656. The van der Waals surface area contributed by atoms with Crippen molar-refractivity contribution in [2.75, 3.05) is 12.4 Å². The molecule has 3 rings (SSSR count). The summed E-state index contributed by atoms with van der Waals surface area (Å²) in [7, 11) is 1.36. The third-order valence-corrected chi connectivity index (χ3v) is 3.58. The number of aryl methyl sites for hydroxylation is 1. The third-order valence-electron chi connectivity index (χ3n) is 3.58. The molecule has 0 unspecified atom stereocenters. The number of hydrogen-bond acceptors (Lipinski definition) is 6. The molecule has 2 aromatic heterocycles. The van der Waals surface area contributed by atoms with Crippen molar-refractivity contribution in [3.8, 4) is 11.8 Å². The number of nitrogens with one attached hydrogen (secondary N) is 2. The lowest BCUT2D eigenvalue weighted by Gasteiger charge is -2.11. The number of anilines is 1. The Labute approximate surface area is 148 Å². The Morgan fingerprint density at radius 2 is 2.19 bits per heavy atom. The molecule has 26 heavy (non-hydrogen) atoms. The van der Waals surface area contributed by atoms with Crippen LogP contribution in [0.15, 0.2) is 51.9 Å². The van der Waals surface area contributed by atoms with E-state index >= 15 is 0 Å². The van der Waals surface area contributed by atoms with Crippen LogP contribution in [0.3, 0.4) is 0 Å². The minimum absolute atomic E-state index is 0.121. The van der Waals surface area contributed by atoms with E-state index in [4.69, 9.17) is 9.15 Å². The van der Waals surface area contributed by atoms with Crippen molar-refractivity contribution < 1.29 is 13.9 Å². The van der Waals surface area contributed by atoms with Crippen LogP contribution >= 0.6 is 0 Å². The van der Waals surface area contributed by atoms with E-state index in [0.717, 1.165) is 15.8 Å². The number of methoxy groups -OCH3 is 1. The molecule has 0 aliphatic heterocycles. The monoisotopic (exact) mass is 355 g/mol. The summed E-state index contributed by atoms with van der Waals surface area (Å²) in [6.07, 6.45) is 3.23. The molecule has 9 nitrogen and oxygen atoms in total. The molecule has 2 N–H and O–H groups in total. The van der Waals surface area contributed by atoms with E-state index in [-0.39, 0.29) is 12.1 Å². The SMILES string of the molecule is COc1nn(-c2ccc(NC(=O)NCc3cccnc3)c(C)c2)c(=O)o1. The fraction of sp³-hybridized carbons (Fsp3) is 0.176. The van der Waals surface area contributed by atoms with Gasteiger partial charge in [0.15, 0.2) is 0 Å². The van der Waals surface area contributed by atoms with Gasteiger partial charge in [0.1, 0.15) is 0 Å². The Morgan fingerprint density at radius 1 is 1.35 bits per heavy atom. The summed E-state index contributed by atoms with van der Waals surface area (Å²) < 4.78 is 10.7. The van der Waals surface area contributed by atoms with Crippen LogP contribution in [0.5, 0.6) is 6.08 Å². The second-order valence-corrected chi connectivity index (χ2v) is 5.42. The fourth-order valence-corrected chi connectivity index (χ4v) is 2.28. The molecular weight excluding hydrogens is 338 g/mol. The standard InChI is InChI=1S/C17H17N5O4/c1-11-8-13(22-17(24)26-16(21-22)25-2)5-6-14(11)20-15(23)19-10-12-4-3-7-18-9-12/h3-9H,10H2,1-2H3,(H2,19,20,23). The molecular formula is C17H17N5O4. The summed E-state index contributed by atoms with van der Waals surface area (Å²) in [6, 6.07) is 8.37. The number of ether oxygens (including phenoxy) is 1. The Balaban J connectivity index is 1.68.